The number of benzene rings is 1. The quantitative estimate of drug-likeness (QED) is 0.270. The first kappa shape index (κ1) is 24.9. The van der Waals surface area contributed by atoms with E-state index in [1.165, 1.54) is 12.1 Å². The van der Waals surface area contributed by atoms with Gasteiger partial charge in [0.25, 0.3) is 0 Å². The van der Waals surface area contributed by atoms with Crippen molar-refractivity contribution in [2.75, 3.05) is 13.6 Å². The number of aromatic nitrogens is 1. The SMILES string of the molecule is CCc1noc(CC)c1CNC(=NC)NCC(Cc1ccc(F)cc1)C(N)=O.I. The van der Waals surface area contributed by atoms with Crippen LogP contribution in [0.3, 0.4) is 0 Å². The van der Waals surface area contributed by atoms with Gasteiger partial charge in [-0.15, -0.1) is 24.0 Å². The van der Waals surface area contributed by atoms with Crippen molar-refractivity contribution < 1.29 is 13.7 Å². The molecule has 160 valence electrons. The standard InChI is InChI=1S/C20H28FN5O2.HI/c1-4-17-16(18(5-2)28-26-17)12-25-20(23-3)24-11-14(19(22)27)10-13-6-8-15(21)9-7-13;/h6-9,14H,4-5,10-12H2,1-3H3,(H2,22,27)(H2,23,24,25);1H. The molecule has 0 spiro atoms. The average molecular weight is 517 g/mol. The van der Waals surface area contributed by atoms with Gasteiger partial charge in [0.1, 0.15) is 11.6 Å². The van der Waals surface area contributed by atoms with Crippen LogP contribution in [-0.4, -0.2) is 30.6 Å². The van der Waals surface area contributed by atoms with Crippen LogP contribution in [0.25, 0.3) is 0 Å². The van der Waals surface area contributed by atoms with Crippen molar-refractivity contribution in [2.45, 2.75) is 39.7 Å². The monoisotopic (exact) mass is 517 g/mol. The van der Waals surface area contributed by atoms with E-state index in [1.807, 2.05) is 13.8 Å². The number of carbonyl (C=O) groups is 1. The summed E-state index contributed by atoms with van der Waals surface area (Å²) in [5.41, 5.74) is 8.34. The second-order valence-corrected chi connectivity index (χ2v) is 6.47. The third-order valence-electron chi connectivity index (χ3n) is 4.58. The smallest absolute Gasteiger partial charge is 0.222 e. The van der Waals surface area contributed by atoms with Gasteiger partial charge in [-0.25, -0.2) is 4.39 Å². The van der Waals surface area contributed by atoms with E-state index in [-0.39, 0.29) is 29.8 Å². The molecule has 1 unspecified atom stereocenters. The van der Waals surface area contributed by atoms with Crippen LogP contribution in [0.1, 0.15) is 36.4 Å². The van der Waals surface area contributed by atoms with E-state index in [1.54, 1.807) is 19.2 Å². The van der Waals surface area contributed by atoms with E-state index in [0.29, 0.717) is 25.5 Å². The number of guanidine groups is 1. The number of hydrogen-bond donors (Lipinski definition) is 3. The molecule has 1 atom stereocenters. The largest absolute Gasteiger partial charge is 0.369 e. The van der Waals surface area contributed by atoms with Crippen molar-refractivity contribution in [3.8, 4) is 0 Å². The predicted octanol–water partition coefficient (Wildman–Crippen LogP) is 2.57. The minimum atomic E-state index is -0.447. The molecular weight excluding hydrogens is 488 g/mol. The fourth-order valence-corrected chi connectivity index (χ4v) is 2.93. The maximum atomic E-state index is 13.1. The molecule has 1 heterocycles. The summed E-state index contributed by atoms with van der Waals surface area (Å²) >= 11 is 0. The van der Waals surface area contributed by atoms with Gasteiger partial charge in [0.15, 0.2) is 5.96 Å². The Labute approximate surface area is 187 Å². The third-order valence-corrected chi connectivity index (χ3v) is 4.58. The molecule has 2 aromatic rings. The highest BCUT2D eigenvalue weighted by molar-refractivity contribution is 14.0. The van der Waals surface area contributed by atoms with E-state index in [4.69, 9.17) is 10.3 Å². The van der Waals surface area contributed by atoms with Crippen LogP contribution in [0.2, 0.25) is 0 Å². The Hall–Kier alpha value is -2.17. The summed E-state index contributed by atoms with van der Waals surface area (Å²) in [5, 5.41) is 10.5. The molecule has 2 rings (SSSR count). The summed E-state index contributed by atoms with van der Waals surface area (Å²) < 4.78 is 18.4. The number of hydrogen-bond acceptors (Lipinski definition) is 4. The summed E-state index contributed by atoms with van der Waals surface area (Å²) in [6, 6.07) is 6.05. The maximum Gasteiger partial charge on any atom is 0.222 e. The number of rotatable bonds is 9. The topological polar surface area (TPSA) is 106 Å². The van der Waals surface area contributed by atoms with Crippen LogP contribution < -0.4 is 16.4 Å². The first-order valence-electron chi connectivity index (χ1n) is 9.42. The second-order valence-electron chi connectivity index (χ2n) is 6.47. The van der Waals surface area contributed by atoms with Crippen LogP contribution in [0, 0.1) is 11.7 Å². The Morgan fingerprint density at radius 2 is 1.93 bits per heavy atom. The number of aryl methyl sites for hydroxylation is 2. The third kappa shape index (κ3) is 7.30. The van der Waals surface area contributed by atoms with Gasteiger partial charge in [-0.05, 0) is 30.5 Å². The molecule has 1 aromatic carbocycles. The normalized spacial score (nSPS) is 12.2. The number of nitrogens with two attached hydrogens (primary N) is 1. The van der Waals surface area contributed by atoms with Gasteiger partial charge in [0.2, 0.25) is 5.91 Å². The first-order valence-corrected chi connectivity index (χ1v) is 9.42. The average Bonchev–Trinajstić information content (AvgIpc) is 3.10. The molecule has 0 bridgehead atoms. The number of primary amides is 1. The summed E-state index contributed by atoms with van der Waals surface area (Å²) in [4.78, 5) is 16.0. The molecule has 0 saturated carbocycles. The summed E-state index contributed by atoms with van der Waals surface area (Å²) in [5.74, 6) is 0.223. The van der Waals surface area contributed by atoms with Crippen molar-refractivity contribution in [2.24, 2.45) is 16.6 Å². The van der Waals surface area contributed by atoms with Crippen molar-refractivity contribution in [1.82, 2.24) is 15.8 Å². The molecule has 0 saturated heterocycles. The number of halogens is 2. The van der Waals surface area contributed by atoms with Gasteiger partial charge in [0.05, 0.1) is 11.6 Å². The minimum Gasteiger partial charge on any atom is -0.369 e. The fourth-order valence-electron chi connectivity index (χ4n) is 2.93. The molecule has 1 aromatic heterocycles. The molecule has 0 aliphatic rings. The van der Waals surface area contributed by atoms with Crippen LogP contribution in [0.4, 0.5) is 4.39 Å². The zero-order chi connectivity index (χ0) is 20.5. The Bertz CT molecular complexity index is 786. The van der Waals surface area contributed by atoms with Crippen LogP contribution >= 0.6 is 24.0 Å². The number of nitrogens with one attached hydrogen (secondary N) is 2. The van der Waals surface area contributed by atoms with Crippen molar-refractivity contribution in [1.29, 1.82) is 0 Å². The summed E-state index contributed by atoms with van der Waals surface area (Å²) in [7, 11) is 1.66. The molecule has 0 aliphatic carbocycles. The minimum absolute atomic E-state index is 0. The molecular formula is C20H29FIN5O2. The Kier molecular flexibility index (Phi) is 10.6. The van der Waals surface area contributed by atoms with Crippen molar-refractivity contribution in [3.63, 3.8) is 0 Å². The fraction of sp³-hybridized carbons (Fsp3) is 0.450. The Balaban J connectivity index is 0.00000420. The van der Waals surface area contributed by atoms with E-state index in [9.17, 15) is 9.18 Å². The summed E-state index contributed by atoms with van der Waals surface area (Å²) in [6.45, 7) is 4.89. The molecule has 0 aliphatic heterocycles. The van der Waals surface area contributed by atoms with Gasteiger partial charge < -0.3 is 20.9 Å². The van der Waals surface area contributed by atoms with E-state index < -0.39 is 11.8 Å². The highest BCUT2D eigenvalue weighted by atomic mass is 127. The highest BCUT2D eigenvalue weighted by Gasteiger charge is 2.18. The highest BCUT2D eigenvalue weighted by Crippen LogP contribution is 2.15. The summed E-state index contributed by atoms with van der Waals surface area (Å²) in [6.07, 6.45) is 1.97. The molecule has 29 heavy (non-hydrogen) atoms. The van der Waals surface area contributed by atoms with Crippen molar-refractivity contribution >= 4 is 35.8 Å². The van der Waals surface area contributed by atoms with Crippen LogP contribution in [0.15, 0.2) is 33.8 Å². The molecule has 4 N–H and O–H groups in total. The molecule has 0 radical (unpaired) electrons. The number of aliphatic imine (C=N–C) groups is 1. The first-order chi connectivity index (χ1) is 13.5. The lowest BCUT2D eigenvalue weighted by Crippen LogP contribution is -2.43. The van der Waals surface area contributed by atoms with E-state index in [2.05, 4.69) is 20.8 Å². The molecule has 0 fully saturated rings. The maximum absolute atomic E-state index is 13.1. The zero-order valence-corrected chi connectivity index (χ0v) is 19.3. The van der Waals surface area contributed by atoms with Crippen molar-refractivity contribution in [3.05, 3.63) is 52.7 Å². The lowest BCUT2D eigenvalue weighted by Gasteiger charge is -2.17. The van der Waals surface area contributed by atoms with E-state index >= 15 is 0 Å². The molecule has 1 amide bonds. The van der Waals surface area contributed by atoms with Gasteiger partial charge in [-0.2, -0.15) is 0 Å². The molecule has 7 nitrogen and oxygen atoms in total. The Morgan fingerprint density at radius 1 is 1.24 bits per heavy atom. The van der Waals surface area contributed by atoms with Gasteiger partial charge in [0, 0.05) is 32.1 Å². The van der Waals surface area contributed by atoms with Gasteiger partial charge >= 0.3 is 0 Å². The van der Waals surface area contributed by atoms with E-state index in [0.717, 1.165) is 35.4 Å². The van der Waals surface area contributed by atoms with Crippen LogP contribution in [-0.2, 0) is 30.6 Å². The second kappa shape index (κ2) is 12.4. The lowest BCUT2D eigenvalue weighted by molar-refractivity contribution is -0.121. The van der Waals surface area contributed by atoms with Gasteiger partial charge in [-0.1, -0.05) is 31.1 Å². The van der Waals surface area contributed by atoms with Gasteiger partial charge in [-0.3, -0.25) is 9.79 Å². The number of nitrogens with zero attached hydrogens (tertiary/aromatic N) is 2. The molecule has 9 heteroatoms. The van der Waals surface area contributed by atoms with Crippen LogP contribution in [0.5, 0.6) is 0 Å². The zero-order valence-electron chi connectivity index (χ0n) is 17.0. The predicted molar refractivity (Wildman–Crippen MR) is 122 cm³/mol. The Morgan fingerprint density at radius 3 is 2.48 bits per heavy atom. The lowest BCUT2D eigenvalue weighted by atomic mass is 9.98. The number of carbonyl (C=O) groups excluding carboxylic acids is 1. The number of amides is 1.